The zero-order chi connectivity index (χ0) is 40.6. The number of amides is 1. The van der Waals surface area contributed by atoms with Crippen molar-refractivity contribution in [2.75, 3.05) is 13.2 Å². The number of hydrogen-bond acceptors (Lipinski definition) is 8. The fourth-order valence-corrected chi connectivity index (χ4v) is 9.74. The number of nitrogens with zero attached hydrogens (tertiary/aromatic N) is 3. The zero-order valence-corrected chi connectivity index (χ0v) is 33.7. The molecule has 0 spiro atoms. The van der Waals surface area contributed by atoms with E-state index in [0.717, 1.165) is 50.8 Å². The number of fused-ring (bicyclic) bond motifs is 6. The normalized spacial score (nSPS) is 12.7. The zero-order valence-electron chi connectivity index (χ0n) is 32.1. The summed E-state index contributed by atoms with van der Waals surface area (Å²) in [6.45, 7) is 4.00. The molecule has 9 nitrogen and oxygen atoms in total. The van der Waals surface area contributed by atoms with Crippen LogP contribution in [-0.2, 0) is 16.0 Å². The Hall–Kier alpha value is -6.49. The highest BCUT2D eigenvalue weighted by Gasteiger charge is 2.31. The molecule has 0 unspecified atom stereocenters. The average Bonchev–Trinajstić information content (AvgIpc) is 3.88. The third-order valence-corrected chi connectivity index (χ3v) is 12.7. The molecule has 2 heterocycles. The molecule has 0 atom stereocenters. The van der Waals surface area contributed by atoms with E-state index in [9.17, 15) is 14.4 Å². The summed E-state index contributed by atoms with van der Waals surface area (Å²) in [6.07, 6.45) is 1.17. The molecule has 7 aromatic rings. The molecule has 1 amide bonds. The minimum Gasteiger partial charge on any atom is -0.449 e. The lowest BCUT2D eigenvalue weighted by Crippen LogP contribution is -2.26. The Morgan fingerprint density at radius 3 is 1.86 bits per heavy atom. The maximum atomic E-state index is 13.7. The number of aromatic nitrogens is 3. The van der Waals surface area contributed by atoms with Crippen LogP contribution in [0.5, 0.6) is 0 Å². The van der Waals surface area contributed by atoms with Crippen LogP contribution < -0.4 is 5.32 Å². The number of carbonyl (C=O) groups is 3. The Kier molecular flexibility index (Phi) is 10.3. The van der Waals surface area contributed by atoms with Crippen LogP contribution in [0.2, 0.25) is 5.02 Å². The van der Waals surface area contributed by atoms with Gasteiger partial charge in [-0.1, -0.05) is 120 Å². The van der Waals surface area contributed by atoms with E-state index >= 15 is 0 Å². The minimum absolute atomic E-state index is 0.0500. The van der Waals surface area contributed by atoms with Gasteiger partial charge in [-0.05, 0) is 93.7 Å². The van der Waals surface area contributed by atoms with Crippen LogP contribution in [0.4, 0.5) is 9.59 Å². The van der Waals surface area contributed by atoms with Crippen molar-refractivity contribution in [3.63, 3.8) is 0 Å². The van der Waals surface area contributed by atoms with Crippen LogP contribution in [0.3, 0.4) is 0 Å². The van der Waals surface area contributed by atoms with Gasteiger partial charge in [-0.3, -0.25) is 4.79 Å². The lowest BCUT2D eigenvalue weighted by atomic mass is 9.98. The van der Waals surface area contributed by atoms with E-state index in [1.54, 1.807) is 24.4 Å². The van der Waals surface area contributed by atoms with Gasteiger partial charge in [-0.2, -0.15) is 9.78 Å². The molecule has 0 fully saturated rings. The summed E-state index contributed by atoms with van der Waals surface area (Å²) >= 11 is 8.30. The Morgan fingerprint density at radius 1 is 0.763 bits per heavy atom. The van der Waals surface area contributed by atoms with Crippen LogP contribution >= 0.6 is 23.4 Å². The number of benzene rings is 5. The first kappa shape index (κ1) is 38.1. The highest BCUT2D eigenvalue weighted by molar-refractivity contribution is 7.99. The molecule has 0 saturated heterocycles. The van der Waals surface area contributed by atoms with Crippen molar-refractivity contribution >= 4 is 41.8 Å². The molecule has 9 rings (SSSR count). The van der Waals surface area contributed by atoms with E-state index in [0.29, 0.717) is 48.6 Å². The van der Waals surface area contributed by atoms with Gasteiger partial charge in [0.1, 0.15) is 18.2 Å². The molecule has 0 radical (unpaired) electrons. The number of halogens is 1. The molecule has 2 aromatic heterocycles. The van der Waals surface area contributed by atoms with Gasteiger partial charge in [0, 0.05) is 40.6 Å². The molecular weight excluding hydrogens is 780 g/mol. The number of nitrogens with one attached hydrogen (secondary N) is 1. The summed E-state index contributed by atoms with van der Waals surface area (Å²) in [6, 6.07) is 39.8. The van der Waals surface area contributed by atoms with E-state index in [4.69, 9.17) is 21.1 Å². The standard InChI is InChI=1S/C48H37ClN4O5S/c1-28-44(29(2)53(52-28)48(56)58-27-42-39-19-9-5-15-35(39)36-16-6-10-20-40(36)42)31-22-32(45(43(49)23-31)59-46-30(25-54)12-11-21-50-46)24-51-47(55)57-26-41-37-17-7-3-13-33(37)34-14-4-8-18-38(34)41/h3-23,25,41-42H,24,26-27H2,1-2H3,(H,51,55). The first-order valence-electron chi connectivity index (χ1n) is 19.2. The van der Waals surface area contributed by atoms with Crippen LogP contribution in [0.1, 0.15) is 61.4 Å². The largest absolute Gasteiger partial charge is 0.449 e. The summed E-state index contributed by atoms with van der Waals surface area (Å²) < 4.78 is 13.1. The molecule has 0 bridgehead atoms. The molecule has 292 valence electrons. The molecule has 5 aromatic carbocycles. The topological polar surface area (TPSA) is 112 Å². The Morgan fingerprint density at radius 2 is 1.31 bits per heavy atom. The lowest BCUT2D eigenvalue weighted by Gasteiger charge is -2.17. The van der Waals surface area contributed by atoms with Gasteiger partial charge >= 0.3 is 12.2 Å². The van der Waals surface area contributed by atoms with E-state index in [2.05, 4.69) is 63.9 Å². The van der Waals surface area contributed by atoms with Gasteiger partial charge in [-0.15, -0.1) is 0 Å². The molecule has 2 aliphatic rings. The minimum atomic E-state index is -0.592. The van der Waals surface area contributed by atoms with Gasteiger partial charge in [0.15, 0.2) is 6.29 Å². The third kappa shape index (κ3) is 7.08. The van der Waals surface area contributed by atoms with E-state index < -0.39 is 12.2 Å². The first-order valence-corrected chi connectivity index (χ1v) is 20.4. The van der Waals surface area contributed by atoms with Gasteiger partial charge in [0.2, 0.25) is 0 Å². The van der Waals surface area contributed by atoms with Crippen molar-refractivity contribution in [1.29, 1.82) is 0 Å². The smallest absolute Gasteiger partial charge is 0.434 e. The number of rotatable bonds is 10. The van der Waals surface area contributed by atoms with Gasteiger partial charge < -0.3 is 14.8 Å². The molecule has 2 aliphatic carbocycles. The fourth-order valence-electron chi connectivity index (χ4n) is 8.43. The monoisotopic (exact) mass is 816 g/mol. The van der Waals surface area contributed by atoms with Gasteiger partial charge in [-0.25, -0.2) is 14.6 Å². The molecule has 11 heteroatoms. The maximum absolute atomic E-state index is 13.7. The summed E-state index contributed by atoms with van der Waals surface area (Å²) in [5.41, 5.74) is 12.6. The predicted octanol–water partition coefficient (Wildman–Crippen LogP) is 11.0. The molecule has 1 N–H and O–H groups in total. The number of alkyl carbamates (subject to hydrolysis) is 1. The van der Waals surface area contributed by atoms with Crippen LogP contribution in [0, 0.1) is 13.8 Å². The van der Waals surface area contributed by atoms with Crippen molar-refractivity contribution in [3.05, 3.63) is 177 Å². The van der Waals surface area contributed by atoms with Crippen molar-refractivity contribution in [2.24, 2.45) is 0 Å². The average molecular weight is 817 g/mol. The number of pyridine rings is 1. The fraction of sp³-hybridized carbons (Fsp3) is 0.146. The van der Waals surface area contributed by atoms with Crippen LogP contribution in [0.15, 0.2) is 137 Å². The first-order chi connectivity index (χ1) is 28.8. The molecular formula is C48H37ClN4O5S. The lowest BCUT2D eigenvalue weighted by molar-refractivity contribution is 0.111. The quantitative estimate of drug-likeness (QED) is 0.136. The van der Waals surface area contributed by atoms with E-state index in [1.807, 2.05) is 68.4 Å². The number of aryl methyl sites for hydroxylation is 1. The van der Waals surface area contributed by atoms with E-state index in [1.165, 1.54) is 16.4 Å². The second kappa shape index (κ2) is 16.0. The Balaban J connectivity index is 0.970. The van der Waals surface area contributed by atoms with Gasteiger partial charge in [0.25, 0.3) is 0 Å². The summed E-state index contributed by atoms with van der Waals surface area (Å²) in [5.74, 6) is -0.195. The second-order valence-electron chi connectivity index (χ2n) is 14.5. The predicted molar refractivity (Wildman–Crippen MR) is 228 cm³/mol. The maximum Gasteiger partial charge on any atom is 0.434 e. The summed E-state index contributed by atoms with van der Waals surface area (Å²) in [7, 11) is 0. The van der Waals surface area contributed by atoms with Crippen molar-refractivity contribution < 1.29 is 23.9 Å². The van der Waals surface area contributed by atoms with Crippen molar-refractivity contribution in [2.45, 2.75) is 42.1 Å². The molecule has 0 aliphatic heterocycles. The summed E-state index contributed by atoms with van der Waals surface area (Å²) in [4.78, 5) is 44.1. The Labute approximate surface area is 350 Å². The van der Waals surface area contributed by atoms with Crippen LogP contribution in [0.25, 0.3) is 33.4 Å². The number of carbonyl (C=O) groups excluding carboxylic acids is 3. The second-order valence-corrected chi connectivity index (χ2v) is 15.9. The SMILES string of the molecule is Cc1nn(C(=O)OCC2c3ccccc3-c3ccccc32)c(C)c1-c1cc(Cl)c(Sc2ncccc2C=O)c(CNC(=O)OCC2c3ccccc3-c3ccccc32)c1. The van der Waals surface area contributed by atoms with Crippen molar-refractivity contribution in [3.8, 4) is 33.4 Å². The third-order valence-electron chi connectivity index (χ3n) is 11.1. The summed E-state index contributed by atoms with van der Waals surface area (Å²) in [5, 5.41) is 8.38. The number of aldehydes is 1. The highest BCUT2D eigenvalue weighted by Crippen LogP contribution is 2.46. The molecule has 0 saturated carbocycles. The number of hydrogen-bond donors (Lipinski definition) is 1. The van der Waals surface area contributed by atoms with Crippen LogP contribution in [-0.4, -0.2) is 46.5 Å². The Bertz CT molecular complexity index is 2710. The van der Waals surface area contributed by atoms with E-state index in [-0.39, 0.29) is 31.6 Å². The molecule has 59 heavy (non-hydrogen) atoms. The highest BCUT2D eigenvalue weighted by atomic mass is 35.5. The van der Waals surface area contributed by atoms with Crippen molar-refractivity contribution in [1.82, 2.24) is 20.1 Å². The number of ether oxygens (including phenoxy) is 2. The van der Waals surface area contributed by atoms with Gasteiger partial charge in [0.05, 0.1) is 16.4 Å².